The number of rotatable bonds is 11. The first kappa shape index (κ1) is 22.8. The van der Waals surface area contributed by atoms with E-state index in [1.54, 1.807) is 24.3 Å². The molecule has 0 unspecified atom stereocenters. The smallest absolute Gasteiger partial charge is 0.325 e. The summed E-state index contributed by atoms with van der Waals surface area (Å²) in [6.45, 7) is 4.17. The number of benzene rings is 1. The van der Waals surface area contributed by atoms with E-state index in [1.165, 1.54) is 6.92 Å². The number of hydrazone groups is 1. The molecule has 9 nitrogen and oxygen atoms in total. The molecule has 30 heavy (non-hydrogen) atoms. The number of ketones is 1. The molecule has 3 N–H and O–H groups in total. The number of carbonyl (C=O) groups is 2. The lowest BCUT2D eigenvalue weighted by molar-refractivity contribution is -0.120. The van der Waals surface area contributed by atoms with E-state index in [2.05, 4.69) is 27.4 Å². The number of hydrogen-bond acceptors (Lipinski definition) is 6. The van der Waals surface area contributed by atoms with Gasteiger partial charge in [0.25, 0.3) is 5.56 Å². The topological polar surface area (TPSA) is 133 Å². The van der Waals surface area contributed by atoms with Crippen LogP contribution in [0.15, 0.2) is 39.0 Å². The zero-order chi connectivity index (χ0) is 21.9. The lowest BCUT2D eigenvalue weighted by Crippen LogP contribution is -2.31. The molecule has 0 saturated heterocycles. The highest BCUT2D eigenvalue weighted by molar-refractivity contribution is 6.36. The van der Waals surface area contributed by atoms with Crippen LogP contribution in [0.3, 0.4) is 0 Å². The normalized spacial score (nSPS) is 10.9. The van der Waals surface area contributed by atoms with Crippen molar-refractivity contribution in [2.24, 2.45) is 5.10 Å². The van der Waals surface area contributed by atoms with E-state index in [-0.39, 0.29) is 12.0 Å². The average Bonchev–Trinajstić information content (AvgIpc) is 2.70. The largest absolute Gasteiger partial charge is 0.493 e. The van der Waals surface area contributed by atoms with Gasteiger partial charge in [-0.2, -0.15) is 5.10 Å². The average molecular weight is 414 g/mol. The van der Waals surface area contributed by atoms with Gasteiger partial charge in [0.05, 0.1) is 24.8 Å². The zero-order valence-corrected chi connectivity index (χ0v) is 17.1. The summed E-state index contributed by atoms with van der Waals surface area (Å²) in [5.41, 5.74) is 1.69. The molecule has 1 aromatic heterocycles. The fourth-order valence-corrected chi connectivity index (χ4v) is 2.78. The summed E-state index contributed by atoms with van der Waals surface area (Å²) >= 11 is 0. The molecule has 2 rings (SSSR count). The van der Waals surface area contributed by atoms with Crippen LogP contribution >= 0.6 is 0 Å². The van der Waals surface area contributed by atoms with Gasteiger partial charge in [-0.05, 0) is 25.5 Å². The molecular weight excluding hydrogens is 388 g/mol. The lowest BCUT2D eigenvalue weighted by Gasteiger charge is -2.09. The monoisotopic (exact) mass is 414 g/mol. The number of carbonyl (C=O) groups excluding carboxylic acids is 2. The molecule has 0 saturated carbocycles. The molecular formula is C21H26N4O5. The number of H-pyrrole nitrogens is 2. The molecule has 160 valence electrons. The number of nitrogens with zero attached hydrogens (tertiary/aromatic N) is 1. The Hall–Kier alpha value is -3.49. The Kier molecular flexibility index (Phi) is 8.74. The quantitative estimate of drug-likeness (QED) is 0.223. The first-order valence-electron chi connectivity index (χ1n) is 9.82. The van der Waals surface area contributed by atoms with Gasteiger partial charge in [-0.15, -0.1) is 0 Å². The van der Waals surface area contributed by atoms with Crippen molar-refractivity contribution in [3.63, 3.8) is 0 Å². The number of Topliss-reactive ketones (excluding diaryl/α,β-unsaturated/α-hetero) is 1. The maximum Gasteiger partial charge on any atom is 0.325 e. The van der Waals surface area contributed by atoms with Crippen LogP contribution in [0.1, 0.15) is 54.2 Å². The highest BCUT2D eigenvalue weighted by atomic mass is 16.5. The summed E-state index contributed by atoms with van der Waals surface area (Å²) in [7, 11) is 0. The summed E-state index contributed by atoms with van der Waals surface area (Å²) in [6.07, 6.45) is 4.94. The van der Waals surface area contributed by atoms with E-state index in [1.807, 2.05) is 0 Å². The molecule has 0 aliphatic rings. The van der Waals surface area contributed by atoms with Crippen LogP contribution in [0, 0.1) is 6.92 Å². The number of aryl methyl sites for hydroxylation is 1. The second-order valence-electron chi connectivity index (χ2n) is 6.75. The number of ether oxygens (including phenoxy) is 1. The van der Waals surface area contributed by atoms with Crippen LogP contribution in [-0.4, -0.2) is 34.5 Å². The third-order valence-corrected chi connectivity index (χ3v) is 4.37. The van der Waals surface area contributed by atoms with Crippen molar-refractivity contribution in [1.82, 2.24) is 15.4 Å². The Morgan fingerprint density at radius 1 is 1.13 bits per heavy atom. The molecule has 0 spiro atoms. The van der Waals surface area contributed by atoms with Gasteiger partial charge in [0.15, 0.2) is 0 Å². The zero-order valence-electron chi connectivity index (χ0n) is 17.1. The number of aromatic nitrogens is 2. The number of unbranched alkanes of at least 4 members (excludes halogenated alkanes) is 3. The van der Waals surface area contributed by atoms with Crippen molar-refractivity contribution in [1.29, 1.82) is 0 Å². The van der Waals surface area contributed by atoms with Crippen LogP contribution < -0.4 is 21.4 Å². The van der Waals surface area contributed by atoms with E-state index in [9.17, 15) is 19.2 Å². The van der Waals surface area contributed by atoms with Gasteiger partial charge in [-0.3, -0.25) is 19.4 Å². The SMILES string of the molecule is CCCCCCOc1ccccc1C(=O)/C=N\NC(=O)Cc1c(C)[nH]c(=O)[nH]c1=O. The maximum atomic E-state index is 12.4. The third kappa shape index (κ3) is 6.84. The Morgan fingerprint density at radius 2 is 1.90 bits per heavy atom. The molecule has 1 aromatic carbocycles. The van der Waals surface area contributed by atoms with Crippen molar-refractivity contribution in [2.45, 2.75) is 46.0 Å². The van der Waals surface area contributed by atoms with E-state index >= 15 is 0 Å². The van der Waals surface area contributed by atoms with Crippen molar-refractivity contribution >= 4 is 17.9 Å². The first-order chi connectivity index (χ1) is 14.4. The number of hydrogen-bond donors (Lipinski definition) is 3. The predicted molar refractivity (Wildman–Crippen MR) is 113 cm³/mol. The second kappa shape index (κ2) is 11.5. The van der Waals surface area contributed by atoms with Crippen molar-refractivity contribution < 1.29 is 14.3 Å². The molecule has 0 aliphatic heterocycles. The summed E-state index contributed by atoms with van der Waals surface area (Å²) < 4.78 is 5.71. The van der Waals surface area contributed by atoms with Crippen LogP contribution in [-0.2, 0) is 11.2 Å². The number of para-hydroxylation sites is 1. The minimum atomic E-state index is -0.642. The Balaban J connectivity index is 1.94. The second-order valence-corrected chi connectivity index (χ2v) is 6.75. The Morgan fingerprint density at radius 3 is 2.63 bits per heavy atom. The van der Waals surface area contributed by atoms with Gasteiger partial charge in [0.1, 0.15) is 5.75 Å². The molecule has 0 fully saturated rings. The fourth-order valence-electron chi connectivity index (χ4n) is 2.78. The lowest BCUT2D eigenvalue weighted by atomic mass is 10.1. The van der Waals surface area contributed by atoms with Crippen LogP contribution in [0.4, 0.5) is 0 Å². The first-order valence-corrected chi connectivity index (χ1v) is 9.82. The molecule has 0 radical (unpaired) electrons. The van der Waals surface area contributed by atoms with Crippen LogP contribution in [0.5, 0.6) is 5.75 Å². The van der Waals surface area contributed by atoms with Gasteiger partial charge < -0.3 is 9.72 Å². The predicted octanol–water partition coefficient (Wildman–Crippen LogP) is 1.86. The maximum absolute atomic E-state index is 12.4. The minimum Gasteiger partial charge on any atom is -0.493 e. The van der Waals surface area contributed by atoms with Gasteiger partial charge in [-0.25, -0.2) is 10.2 Å². The van der Waals surface area contributed by atoms with Crippen LogP contribution in [0.2, 0.25) is 0 Å². The molecule has 0 atom stereocenters. The fraction of sp³-hybridized carbons (Fsp3) is 0.381. The van der Waals surface area contributed by atoms with Crippen molar-refractivity contribution in [3.05, 3.63) is 61.9 Å². The minimum absolute atomic E-state index is 0.121. The molecule has 1 amide bonds. The summed E-state index contributed by atoms with van der Waals surface area (Å²) in [4.78, 5) is 51.9. The van der Waals surface area contributed by atoms with Gasteiger partial charge in [0, 0.05) is 11.3 Å². The molecule has 0 aliphatic carbocycles. The van der Waals surface area contributed by atoms with Crippen molar-refractivity contribution in [3.8, 4) is 5.75 Å². The summed E-state index contributed by atoms with van der Waals surface area (Å²) in [5, 5.41) is 3.67. The van der Waals surface area contributed by atoms with Crippen LogP contribution in [0.25, 0.3) is 0 Å². The molecule has 9 heteroatoms. The standard InChI is InChI=1S/C21H26N4O5/c1-3-4-5-8-11-30-18-10-7-6-9-15(18)17(26)13-22-25-19(27)12-16-14(2)23-21(29)24-20(16)28/h6-7,9-10,13H,3-5,8,11-12H2,1-2H3,(H,25,27)(H2,23,24,28,29)/b22-13-. The third-order valence-electron chi connectivity index (χ3n) is 4.37. The number of aromatic amines is 2. The van der Waals surface area contributed by atoms with Gasteiger partial charge in [-0.1, -0.05) is 38.3 Å². The van der Waals surface area contributed by atoms with Crippen molar-refractivity contribution in [2.75, 3.05) is 6.61 Å². The molecule has 2 aromatic rings. The van der Waals surface area contributed by atoms with E-state index in [0.29, 0.717) is 23.6 Å². The number of amides is 1. The molecule has 1 heterocycles. The van der Waals surface area contributed by atoms with Gasteiger partial charge in [0.2, 0.25) is 11.7 Å². The Labute approximate surface area is 173 Å². The van der Waals surface area contributed by atoms with E-state index in [4.69, 9.17) is 4.74 Å². The highest BCUT2D eigenvalue weighted by Gasteiger charge is 2.12. The highest BCUT2D eigenvalue weighted by Crippen LogP contribution is 2.18. The number of nitrogens with one attached hydrogen (secondary N) is 3. The Bertz CT molecular complexity index is 1020. The summed E-state index contributed by atoms with van der Waals surface area (Å²) in [6, 6.07) is 6.83. The molecule has 0 bridgehead atoms. The van der Waals surface area contributed by atoms with E-state index < -0.39 is 22.9 Å². The summed E-state index contributed by atoms with van der Waals surface area (Å²) in [5.74, 6) is -0.551. The van der Waals surface area contributed by atoms with Gasteiger partial charge >= 0.3 is 5.69 Å². The van der Waals surface area contributed by atoms with E-state index in [0.717, 1.165) is 31.9 Å².